The molecular weight excluding hydrogens is 164 g/mol. The molecule has 0 aliphatic rings. The molecule has 0 N–H and O–H groups in total. The van der Waals surface area contributed by atoms with Gasteiger partial charge in [-0.1, -0.05) is 0 Å². The van der Waals surface area contributed by atoms with Crippen LogP contribution in [0.2, 0.25) is 0 Å². The number of hydrogen-bond acceptors (Lipinski definition) is 3. The van der Waals surface area contributed by atoms with Crippen molar-refractivity contribution in [1.82, 2.24) is 9.97 Å². The maximum Gasteiger partial charge on any atom is 0.151 e. The first-order valence-electron chi connectivity index (χ1n) is 3.94. The minimum atomic E-state index is 0.680. The van der Waals surface area contributed by atoms with E-state index in [1.807, 2.05) is 18.2 Å². The highest BCUT2D eigenvalue weighted by molar-refractivity contribution is 5.63. The van der Waals surface area contributed by atoms with Gasteiger partial charge in [-0.2, -0.15) is 0 Å². The van der Waals surface area contributed by atoms with Crippen LogP contribution in [0.4, 0.5) is 0 Å². The van der Waals surface area contributed by atoms with Crippen molar-refractivity contribution in [2.24, 2.45) is 0 Å². The van der Waals surface area contributed by atoms with E-state index in [0.29, 0.717) is 5.82 Å². The second kappa shape index (κ2) is 3.67. The summed E-state index contributed by atoms with van der Waals surface area (Å²) >= 11 is 0. The summed E-state index contributed by atoms with van der Waals surface area (Å²) in [5, 5.41) is 0. The lowest BCUT2D eigenvalue weighted by Crippen LogP contribution is -1.82. The summed E-state index contributed by atoms with van der Waals surface area (Å²) in [4.78, 5) is 8.08. The molecule has 0 saturated carbocycles. The van der Waals surface area contributed by atoms with Crippen molar-refractivity contribution in [2.75, 3.05) is 0 Å². The standard InChI is InChI=1S/C10H8N2O/c1-3-9(13-8-1)4-5-10-11-6-2-7-12-10/h1-8H/b5-4+. The molecule has 2 aromatic rings. The van der Waals surface area contributed by atoms with Crippen molar-refractivity contribution in [3.05, 3.63) is 48.4 Å². The molecular formula is C10H8N2O. The summed E-state index contributed by atoms with van der Waals surface area (Å²) in [7, 11) is 0. The van der Waals surface area contributed by atoms with Crippen molar-refractivity contribution in [3.63, 3.8) is 0 Å². The van der Waals surface area contributed by atoms with Crippen LogP contribution < -0.4 is 0 Å². The van der Waals surface area contributed by atoms with Crippen LogP contribution in [0.15, 0.2) is 41.3 Å². The van der Waals surface area contributed by atoms with E-state index < -0.39 is 0 Å². The highest BCUT2D eigenvalue weighted by Crippen LogP contribution is 2.04. The fourth-order valence-corrected chi connectivity index (χ4v) is 0.939. The predicted molar refractivity (Wildman–Crippen MR) is 49.7 cm³/mol. The summed E-state index contributed by atoms with van der Waals surface area (Å²) in [6.45, 7) is 0. The Morgan fingerprint density at radius 1 is 1.08 bits per heavy atom. The first kappa shape index (κ1) is 7.73. The Kier molecular flexibility index (Phi) is 2.18. The van der Waals surface area contributed by atoms with Crippen molar-refractivity contribution >= 4 is 12.2 Å². The lowest BCUT2D eigenvalue weighted by molar-refractivity contribution is 0.557. The quantitative estimate of drug-likeness (QED) is 0.697. The molecule has 0 atom stereocenters. The Morgan fingerprint density at radius 2 is 1.92 bits per heavy atom. The molecule has 2 aromatic heterocycles. The SMILES string of the molecule is C(=C\c1ccco1)/c1ncccn1. The molecule has 0 aromatic carbocycles. The number of aromatic nitrogens is 2. The van der Waals surface area contributed by atoms with Gasteiger partial charge in [0.1, 0.15) is 5.76 Å². The van der Waals surface area contributed by atoms with E-state index in [4.69, 9.17) is 4.42 Å². The normalized spacial score (nSPS) is 10.8. The van der Waals surface area contributed by atoms with Gasteiger partial charge in [0.2, 0.25) is 0 Å². The summed E-state index contributed by atoms with van der Waals surface area (Å²) in [6.07, 6.45) is 8.67. The van der Waals surface area contributed by atoms with Crippen LogP contribution >= 0.6 is 0 Å². The fourth-order valence-electron chi connectivity index (χ4n) is 0.939. The van der Waals surface area contributed by atoms with Crippen LogP contribution in [0, 0.1) is 0 Å². The molecule has 64 valence electrons. The second-order valence-electron chi connectivity index (χ2n) is 2.46. The number of furan rings is 1. The molecule has 3 nitrogen and oxygen atoms in total. The van der Waals surface area contributed by atoms with Crippen molar-refractivity contribution < 1.29 is 4.42 Å². The van der Waals surface area contributed by atoms with Crippen LogP contribution in [-0.2, 0) is 0 Å². The van der Waals surface area contributed by atoms with Crippen LogP contribution in [0.25, 0.3) is 12.2 Å². The molecule has 0 saturated heterocycles. The Labute approximate surface area is 75.8 Å². The Balaban J connectivity index is 2.15. The first-order valence-corrected chi connectivity index (χ1v) is 3.94. The highest BCUT2D eigenvalue weighted by atomic mass is 16.3. The fraction of sp³-hybridized carbons (Fsp3) is 0. The third kappa shape index (κ3) is 2.02. The van der Waals surface area contributed by atoms with E-state index >= 15 is 0 Å². The van der Waals surface area contributed by atoms with Gasteiger partial charge in [0.05, 0.1) is 6.26 Å². The average Bonchev–Trinajstić information content (AvgIpc) is 2.69. The van der Waals surface area contributed by atoms with E-state index in [1.165, 1.54) is 0 Å². The van der Waals surface area contributed by atoms with Gasteiger partial charge in [0.25, 0.3) is 0 Å². The van der Waals surface area contributed by atoms with E-state index in [1.54, 1.807) is 30.8 Å². The van der Waals surface area contributed by atoms with Gasteiger partial charge < -0.3 is 4.42 Å². The van der Waals surface area contributed by atoms with Crippen molar-refractivity contribution in [2.45, 2.75) is 0 Å². The van der Waals surface area contributed by atoms with E-state index in [-0.39, 0.29) is 0 Å². The van der Waals surface area contributed by atoms with E-state index in [2.05, 4.69) is 9.97 Å². The molecule has 0 aliphatic heterocycles. The van der Waals surface area contributed by atoms with Crippen LogP contribution in [0.3, 0.4) is 0 Å². The predicted octanol–water partition coefficient (Wildman–Crippen LogP) is 2.24. The zero-order valence-electron chi connectivity index (χ0n) is 6.92. The minimum absolute atomic E-state index is 0.680. The van der Waals surface area contributed by atoms with Crippen LogP contribution in [-0.4, -0.2) is 9.97 Å². The lowest BCUT2D eigenvalue weighted by atomic mass is 10.4. The third-order valence-electron chi connectivity index (χ3n) is 1.53. The number of nitrogens with zero attached hydrogens (tertiary/aromatic N) is 2. The largest absolute Gasteiger partial charge is 0.465 e. The monoisotopic (exact) mass is 172 g/mol. The maximum atomic E-state index is 5.11. The topological polar surface area (TPSA) is 38.9 Å². The summed E-state index contributed by atoms with van der Waals surface area (Å²) in [5.74, 6) is 1.48. The number of rotatable bonds is 2. The van der Waals surface area contributed by atoms with Gasteiger partial charge in [-0.15, -0.1) is 0 Å². The summed E-state index contributed by atoms with van der Waals surface area (Å²) in [6, 6.07) is 5.50. The Morgan fingerprint density at radius 3 is 2.62 bits per heavy atom. The summed E-state index contributed by atoms with van der Waals surface area (Å²) in [5.41, 5.74) is 0. The van der Waals surface area contributed by atoms with Gasteiger partial charge in [0, 0.05) is 12.4 Å². The smallest absolute Gasteiger partial charge is 0.151 e. The van der Waals surface area contributed by atoms with Gasteiger partial charge in [-0.05, 0) is 30.4 Å². The molecule has 13 heavy (non-hydrogen) atoms. The number of hydrogen-bond donors (Lipinski definition) is 0. The van der Waals surface area contributed by atoms with Gasteiger partial charge in [-0.25, -0.2) is 9.97 Å². The molecule has 3 heteroatoms. The lowest BCUT2D eigenvalue weighted by Gasteiger charge is -1.87. The van der Waals surface area contributed by atoms with Gasteiger partial charge in [-0.3, -0.25) is 0 Å². The minimum Gasteiger partial charge on any atom is -0.465 e. The van der Waals surface area contributed by atoms with Crippen molar-refractivity contribution in [1.29, 1.82) is 0 Å². The molecule has 0 bridgehead atoms. The molecule has 2 rings (SSSR count). The van der Waals surface area contributed by atoms with E-state index in [9.17, 15) is 0 Å². The van der Waals surface area contributed by atoms with Crippen LogP contribution in [0.1, 0.15) is 11.6 Å². The molecule has 0 radical (unpaired) electrons. The first-order chi connectivity index (χ1) is 6.45. The van der Waals surface area contributed by atoms with E-state index in [0.717, 1.165) is 5.76 Å². The zero-order chi connectivity index (χ0) is 8.93. The van der Waals surface area contributed by atoms with Crippen molar-refractivity contribution in [3.8, 4) is 0 Å². The molecule has 0 fully saturated rings. The molecule has 0 amide bonds. The molecule has 2 heterocycles. The van der Waals surface area contributed by atoms with Crippen LogP contribution in [0.5, 0.6) is 0 Å². The molecule has 0 aliphatic carbocycles. The zero-order valence-corrected chi connectivity index (χ0v) is 6.92. The highest BCUT2D eigenvalue weighted by Gasteiger charge is 1.89. The summed E-state index contributed by atoms with van der Waals surface area (Å²) < 4.78 is 5.11. The molecule has 0 spiro atoms. The maximum absolute atomic E-state index is 5.11. The van der Waals surface area contributed by atoms with Gasteiger partial charge in [0.15, 0.2) is 5.82 Å². The third-order valence-corrected chi connectivity index (χ3v) is 1.53. The Bertz CT molecular complexity index is 379. The molecule has 0 unspecified atom stereocenters. The average molecular weight is 172 g/mol. The second-order valence-corrected chi connectivity index (χ2v) is 2.46. The van der Waals surface area contributed by atoms with Gasteiger partial charge >= 0.3 is 0 Å². The Hall–Kier alpha value is -1.90.